The van der Waals surface area contributed by atoms with Crippen LogP contribution < -0.4 is 16.8 Å². The van der Waals surface area contributed by atoms with E-state index in [1.54, 1.807) is 6.07 Å². The van der Waals surface area contributed by atoms with E-state index in [4.69, 9.17) is 39.4 Å². The number of hydrogen-bond donors (Lipinski definition) is 3. The Morgan fingerprint density at radius 3 is 2.31 bits per heavy atom. The molecule has 0 spiro atoms. The predicted octanol–water partition coefficient (Wildman–Crippen LogP) is 2.85. The molecule has 5 N–H and O–H groups in total. The second-order valence-corrected chi connectivity index (χ2v) is 7.18. The van der Waals surface area contributed by atoms with E-state index in [1.807, 2.05) is 6.92 Å². The SMILES string of the molecule is CCCCC(OC(N)=O)(C(=O)NC(C)(C)C(N)=O)c1cccc(Cl)c1Cl. The van der Waals surface area contributed by atoms with Gasteiger partial charge in [-0.05, 0) is 26.3 Å². The van der Waals surface area contributed by atoms with Crippen molar-refractivity contribution < 1.29 is 19.1 Å². The summed E-state index contributed by atoms with van der Waals surface area (Å²) < 4.78 is 5.28. The van der Waals surface area contributed by atoms with Gasteiger partial charge in [0.2, 0.25) is 11.5 Å². The van der Waals surface area contributed by atoms with E-state index in [1.165, 1.54) is 26.0 Å². The maximum atomic E-state index is 13.1. The molecule has 26 heavy (non-hydrogen) atoms. The minimum atomic E-state index is -1.85. The summed E-state index contributed by atoms with van der Waals surface area (Å²) in [5.74, 6) is -1.52. The van der Waals surface area contributed by atoms with Gasteiger partial charge in [-0.15, -0.1) is 0 Å². The smallest absolute Gasteiger partial charge is 0.405 e. The Hall–Kier alpha value is -1.99. The van der Waals surface area contributed by atoms with Crippen LogP contribution in [0, 0.1) is 0 Å². The van der Waals surface area contributed by atoms with E-state index in [2.05, 4.69) is 5.32 Å². The van der Waals surface area contributed by atoms with Crippen molar-refractivity contribution in [2.75, 3.05) is 0 Å². The number of amides is 3. The zero-order valence-corrected chi connectivity index (χ0v) is 16.4. The Balaban J connectivity index is 3.57. The highest BCUT2D eigenvalue weighted by molar-refractivity contribution is 6.42. The maximum Gasteiger partial charge on any atom is 0.405 e. The zero-order valence-electron chi connectivity index (χ0n) is 14.9. The van der Waals surface area contributed by atoms with Crippen molar-refractivity contribution in [3.63, 3.8) is 0 Å². The van der Waals surface area contributed by atoms with Gasteiger partial charge in [-0.3, -0.25) is 9.59 Å². The molecular weight excluding hydrogens is 381 g/mol. The van der Waals surface area contributed by atoms with E-state index in [-0.39, 0.29) is 22.0 Å². The minimum Gasteiger partial charge on any atom is -0.428 e. The number of halogens is 2. The normalized spacial score (nSPS) is 13.6. The molecule has 1 unspecified atom stereocenters. The molecule has 0 fully saturated rings. The molecule has 1 rings (SSSR count). The lowest BCUT2D eigenvalue weighted by Gasteiger charge is -2.35. The average Bonchev–Trinajstić information content (AvgIpc) is 2.53. The number of rotatable bonds is 8. The van der Waals surface area contributed by atoms with Gasteiger partial charge in [0.05, 0.1) is 10.0 Å². The number of benzene rings is 1. The van der Waals surface area contributed by atoms with Gasteiger partial charge >= 0.3 is 6.09 Å². The topological polar surface area (TPSA) is 125 Å². The quantitative estimate of drug-likeness (QED) is 0.616. The Morgan fingerprint density at radius 2 is 1.81 bits per heavy atom. The van der Waals surface area contributed by atoms with Crippen molar-refractivity contribution in [2.45, 2.75) is 51.2 Å². The largest absolute Gasteiger partial charge is 0.428 e. The molecule has 0 saturated heterocycles. The lowest BCUT2D eigenvalue weighted by atomic mass is 9.86. The van der Waals surface area contributed by atoms with Crippen molar-refractivity contribution in [3.05, 3.63) is 33.8 Å². The maximum absolute atomic E-state index is 13.1. The molecule has 1 aromatic carbocycles. The van der Waals surface area contributed by atoms with Gasteiger partial charge in [0.1, 0.15) is 5.54 Å². The number of unbranched alkanes of at least 4 members (excludes halogenated alkanes) is 1. The summed E-state index contributed by atoms with van der Waals surface area (Å²) in [7, 11) is 0. The van der Waals surface area contributed by atoms with Crippen LogP contribution in [0.15, 0.2) is 18.2 Å². The first-order valence-corrected chi connectivity index (χ1v) is 8.79. The lowest BCUT2D eigenvalue weighted by molar-refractivity contribution is -0.146. The van der Waals surface area contributed by atoms with Crippen LogP contribution in [0.5, 0.6) is 0 Å². The van der Waals surface area contributed by atoms with Crippen LogP contribution in [0.25, 0.3) is 0 Å². The number of carbonyl (C=O) groups excluding carboxylic acids is 3. The van der Waals surface area contributed by atoms with Gasteiger partial charge in [-0.1, -0.05) is 48.7 Å². The summed E-state index contributed by atoms with van der Waals surface area (Å²) in [5.41, 5.74) is 7.49. The number of carbonyl (C=O) groups is 3. The first kappa shape index (κ1) is 22.1. The molecule has 0 aromatic heterocycles. The van der Waals surface area contributed by atoms with Gasteiger partial charge in [0.15, 0.2) is 0 Å². The minimum absolute atomic E-state index is 0.0542. The number of ether oxygens (including phenoxy) is 1. The molecule has 144 valence electrons. The monoisotopic (exact) mass is 403 g/mol. The fourth-order valence-electron chi connectivity index (χ4n) is 2.38. The summed E-state index contributed by atoms with van der Waals surface area (Å²) in [4.78, 5) is 36.3. The van der Waals surface area contributed by atoms with Crippen LogP contribution >= 0.6 is 23.2 Å². The molecular formula is C17H23Cl2N3O4. The molecule has 1 aromatic rings. The summed E-state index contributed by atoms with van der Waals surface area (Å²) in [6.07, 6.45) is 0.145. The third-order valence-electron chi connectivity index (χ3n) is 3.95. The first-order valence-electron chi connectivity index (χ1n) is 8.03. The van der Waals surface area contributed by atoms with Gasteiger partial charge in [-0.25, -0.2) is 4.79 Å². The molecule has 9 heteroatoms. The van der Waals surface area contributed by atoms with Gasteiger partial charge in [0, 0.05) is 12.0 Å². The van der Waals surface area contributed by atoms with Crippen LogP contribution in [-0.2, 0) is 19.9 Å². The molecule has 0 aliphatic carbocycles. The first-order chi connectivity index (χ1) is 12.0. The van der Waals surface area contributed by atoms with Crippen LogP contribution in [0.4, 0.5) is 4.79 Å². The summed E-state index contributed by atoms with van der Waals surface area (Å²) in [5, 5.41) is 2.74. The molecule has 0 heterocycles. The molecule has 0 saturated carbocycles. The second-order valence-electron chi connectivity index (χ2n) is 6.40. The number of nitrogens with one attached hydrogen (secondary N) is 1. The van der Waals surface area contributed by atoms with E-state index >= 15 is 0 Å². The Bertz CT molecular complexity index is 709. The number of nitrogens with two attached hydrogens (primary N) is 2. The highest BCUT2D eigenvalue weighted by Gasteiger charge is 2.47. The molecule has 0 bridgehead atoms. The molecule has 7 nitrogen and oxygen atoms in total. The van der Waals surface area contributed by atoms with Gasteiger partial charge in [-0.2, -0.15) is 0 Å². The summed E-state index contributed by atoms with van der Waals surface area (Å²) >= 11 is 12.4. The summed E-state index contributed by atoms with van der Waals surface area (Å²) in [6.45, 7) is 4.77. The average molecular weight is 404 g/mol. The van der Waals surface area contributed by atoms with E-state index in [0.717, 1.165) is 0 Å². The fourth-order valence-corrected chi connectivity index (χ4v) is 2.84. The Kier molecular flexibility index (Phi) is 7.29. The highest BCUT2D eigenvalue weighted by Crippen LogP contribution is 2.39. The summed E-state index contributed by atoms with van der Waals surface area (Å²) in [6, 6.07) is 4.62. The van der Waals surface area contributed by atoms with Crippen LogP contribution in [0.3, 0.4) is 0 Å². The molecule has 0 aliphatic heterocycles. The van der Waals surface area contributed by atoms with Crippen LogP contribution in [0.2, 0.25) is 10.0 Å². The Morgan fingerprint density at radius 1 is 1.19 bits per heavy atom. The van der Waals surface area contributed by atoms with E-state index in [0.29, 0.717) is 12.8 Å². The third-order valence-corrected chi connectivity index (χ3v) is 4.77. The van der Waals surface area contributed by atoms with Crippen molar-refractivity contribution in [2.24, 2.45) is 11.5 Å². The molecule has 1 atom stereocenters. The molecule has 0 radical (unpaired) electrons. The van der Waals surface area contributed by atoms with E-state index < -0.39 is 29.0 Å². The zero-order chi connectivity index (χ0) is 20.1. The standard InChI is InChI=1S/C17H23Cl2N3O4/c1-4-5-9-17(26-15(21)25,10-7-6-8-11(18)12(10)19)14(24)22-16(2,3)13(20)23/h6-8H,4-5,9H2,1-3H3,(H2,20,23)(H2,21,25)(H,22,24). The van der Waals surface area contributed by atoms with Gasteiger partial charge in [0.25, 0.3) is 5.91 Å². The van der Waals surface area contributed by atoms with Crippen molar-refractivity contribution in [3.8, 4) is 0 Å². The van der Waals surface area contributed by atoms with Crippen molar-refractivity contribution in [1.82, 2.24) is 5.32 Å². The Labute approximate surface area is 162 Å². The van der Waals surface area contributed by atoms with Crippen LogP contribution in [-0.4, -0.2) is 23.4 Å². The molecule has 3 amide bonds. The lowest BCUT2D eigenvalue weighted by Crippen LogP contribution is -2.59. The van der Waals surface area contributed by atoms with Crippen molar-refractivity contribution >= 4 is 41.1 Å². The second kappa shape index (κ2) is 8.60. The fraction of sp³-hybridized carbons (Fsp3) is 0.471. The molecule has 0 aliphatic rings. The number of primary amides is 2. The van der Waals surface area contributed by atoms with Gasteiger partial charge < -0.3 is 21.5 Å². The number of hydrogen-bond acceptors (Lipinski definition) is 4. The van der Waals surface area contributed by atoms with E-state index in [9.17, 15) is 14.4 Å². The highest BCUT2D eigenvalue weighted by atomic mass is 35.5. The van der Waals surface area contributed by atoms with Crippen LogP contribution in [0.1, 0.15) is 45.6 Å². The third kappa shape index (κ3) is 4.80. The predicted molar refractivity (Wildman–Crippen MR) is 99.7 cm³/mol. The van der Waals surface area contributed by atoms with Crippen molar-refractivity contribution in [1.29, 1.82) is 0 Å².